The van der Waals surface area contributed by atoms with Gasteiger partial charge >= 0.3 is 27.6 Å². The number of phosphoric ester groups is 2. The minimum absolute atomic E-state index is 0.0344. The molecule has 2 unspecified atom stereocenters. The third kappa shape index (κ3) is 46.1. The fraction of sp³-hybridized carbons (Fsp3) is 0.745. The smallest absolute Gasteiger partial charge is 0.462 e. The number of phosphoric acid groups is 2. The lowest BCUT2D eigenvalue weighted by Gasteiger charge is -2.20. The van der Waals surface area contributed by atoms with Gasteiger partial charge in [0.05, 0.1) is 25.9 Å². The predicted octanol–water partition coefficient (Wildman–Crippen LogP) is 11.2. The predicted molar refractivity (Wildman–Crippen MR) is 250 cm³/mol. The lowest BCUT2D eigenvalue weighted by molar-refractivity contribution is -0.161. The summed E-state index contributed by atoms with van der Waals surface area (Å²) >= 11 is 0. The molecule has 0 fully saturated rings. The second-order valence-corrected chi connectivity index (χ2v) is 19.0. The van der Waals surface area contributed by atoms with Crippen molar-refractivity contribution < 1.29 is 66.7 Å². The van der Waals surface area contributed by atoms with Crippen LogP contribution in [0.15, 0.2) is 60.8 Å². The van der Waals surface area contributed by atoms with Crippen LogP contribution in [0, 0.1) is 5.92 Å². The minimum atomic E-state index is -4.88. The van der Waals surface area contributed by atoms with E-state index in [1.807, 2.05) is 61.6 Å². The van der Waals surface area contributed by atoms with Crippen molar-refractivity contribution in [3.63, 3.8) is 0 Å². The van der Waals surface area contributed by atoms with Crippen molar-refractivity contribution in [2.45, 2.75) is 193 Å². The van der Waals surface area contributed by atoms with Crippen LogP contribution >= 0.6 is 15.6 Å². The van der Waals surface area contributed by atoms with Crippen LogP contribution in [0.1, 0.15) is 175 Å². The number of rotatable bonds is 43. The summed E-state index contributed by atoms with van der Waals surface area (Å²) < 4.78 is 47.8. The fourth-order valence-electron chi connectivity index (χ4n) is 6.12. The molecule has 0 rings (SSSR count). The molecule has 0 bridgehead atoms. The molecular formula is C47H84O14P2. The van der Waals surface area contributed by atoms with Crippen LogP contribution in [-0.2, 0) is 41.8 Å². The van der Waals surface area contributed by atoms with Gasteiger partial charge in [-0.05, 0) is 50.9 Å². The van der Waals surface area contributed by atoms with E-state index in [9.17, 15) is 33.8 Å². The van der Waals surface area contributed by atoms with Gasteiger partial charge in [-0.15, -0.1) is 0 Å². The summed E-state index contributed by atoms with van der Waals surface area (Å²) in [6.45, 7) is 3.79. The highest BCUT2D eigenvalue weighted by Crippen LogP contribution is 2.43. The lowest BCUT2D eigenvalue weighted by Crippen LogP contribution is -2.29. The molecule has 0 saturated carbocycles. The van der Waals surface area contributed by atoms with Gasteiger partial charge in [-0.25, -0.2) is 9.13 Å². The zero-order chi connectivity index (χ0) is 46.9. The Balaban J connectivity index is 4.57. The van der Waals surface area contributed by atoms with Gasteiger partial charge in [-0.2, -0.15) is 0 Å². The van der Waals surface area contributed by atoms with Crippen LogP contribution in [0.4, 0.5) is 0 Å². The quantitative estimate of drug-likeness (QED) is 0.0126. The van der Waals surface area contributed by atoms with Gasteiger partial charge in [0.1, 0.15) is 12.7 Å². The molecule has 0 aromatic rings. The number of carbonyl (C=O) groups is 2. The molecule has 4 atom stereocenters. The van der Waals surface area contributed by atoms with Crippen LogP contribution in [-0.4, -0.2) is 81.6 Å². The van der Waals surface area contributed by atoms with E-state index in [2.05, 4.69) is 22.9 Å². The summed E-state index contributed by atoms with van der Waals surface area (Å²) in [4.78, 5) is 52.8. The first-order valence-corrected chi connectivity index (χ1v) is 26.5. The molecule has 63 heavy (non-hydrogen) atoms. The molecule has 366 valence electrons. The number of hydrogen-bond acceptors (Lipinski definition) is 11. The van der Waals surface area contributed by atoms with Crippen molar-refractivity contribution in [3.8, 4) is 0 Å². The molecule has 0 amide bonds. The van der Waals surface area contributed by atoms with Gasteiger partial charge in [-0.1, -0.05) is 178 Å². The Morgan fingerprint density at radius 1 is 0.571 bits per heavy atom. The Kier molecular flexibility index (Phi) is 39.8. The molecule has 0 saturated heterocycles. The molecule has 0 aliphatic heterocycles. The number of aliphatic hydroxyl groups is 2. The number of carbonyl (C=O) groups excluding carboxylic acids is 2. The van der Waals surface area contributed by atoms with Crippen molar-refractivity contribution in [1.29, 1.82) is 0 Å². The molecule has 0 aromatic heterocycles. The van der Waals surface area contributed by atoms with E-state index in [1.165, 1.54) is 77.0 Å². The van der Waals surface area contributed by atoms with E-state index in [4.69, 9.17) is 23.8 Å². The zero-order valence-corrected chi connectivity index (χ0v) is 40.5. The van der Waals surface area contributed by atoms with Crippen molar-refractivity contribution >= 4 is 27.6 Å². The van der Waals surface area contributed by atoms with Crippen LogP contribution in [0.3, 0.4) is 0 Å². The standard InChI is InChI=1S/C47H84O14P2/c1-4-5-34-43(48)35-30-26-22-18-14-11-12-16-20-24-28-32-37-47(51)61-45(41-60-63(55,56)59-39-44(49)38-58-62(52,53)54)40-57-46(50)36-31-27-23-19-15-10-8-6-7-9-13-17-21-25-29-33-42(2)3/h5,11-12,18,20,22,24,26,30,34,42-45,48-49H,4,6-10,13-17,19,21,23,25,27-29,31-33,35-41H2,1-3H3,(H,55,56)(H2,52,53,54)/b12-11-,22-18-,24-20-,30-26+,34-5-/t43?,44-,45+/m0/s1. The van der Waals surface area contributed by atoms with Gasteiger partial charge in [0, 0.05) is 12.8 Å². The van der Waals surface area contributed by atoms with Gasteiger partial charge in [0.2, 0.25) is 0 Å². The largest absolute Gasteiger partial charge is 0.472 e. The van der Waals surface area contributed by atoms with Crippen LogP contribution < -0.4 is 0 Å². The second-order valence-electron chi connectivity index (χ2n) is 16.3. The summed E-state index contributed by atoms with van der Waals surface area (Å²) in [5.41, 5.74) is 0. The third-order valence-electron chi connectivity index (χ3n) is 9.66. The molecule has 0 aliphatic carbocycles. The Hall–Kier alpha value is -2.22. The summed E-state index contributed by atoms with van der Waals surface area (Å²) in [5.74, 6) is -0.309. The first-order valence-electron chi connectivity index (χ1n) is 23.4. The highest BCUT2D eigenvalue weighted by atomic mass is 31.2. The highest BCUT2D eigenvalue weighted by molar-refractivity contribution is 7.47. The van der Waals surface area contributed by atoms with E-state index in [0.29, 0.717) is 25.7 Å². The average Bonchev–Trinajstić information content (AvgIpc) is 3.23. The maximum atomic E-state index is 12.7. The number of unbranched alkanes of at least 4 members (excludes halogenated alkanes) is 15. The van der Waals surface area contributed by atoms with Gasteiger partial charge in [-0.3, -0.25) is 23.2 Å². The first-order chi connectivity index (χ1) is 30.1. The van der Waals surface area contributed by atoms with E-state index >= 15 is 0 Å². The van der Waals surface area contributed by atoms with Crippen molar-refractivity contribution in [2.75, 3.05) is 26.4 Å². The van der Waals surface area contributed by atoms with Crippen LogP contribution in [0.25, 0.3) is 0 Å². The number of allylic oxidation sites excluding steroid dienone is 8. The number of aliphatic hydroxyl groups excluding tert-OH is 2. The second kappa shape index (κ2) is 41.2. The van der Waals surface area contributed by atoms with Gasteiger partial charge in [0.15, 0.2) is 6.10 Å². The zero-order valence-electron chi connectivity index (χ0n) is 38.7. The average molecular weight is 935 g/mol. The number of hydrogen-bond donors (Lipinski definition) is 5. The summed E-state index contributed by atoms with van der Waals surface area (Å²) in [6, 6.07) is 0. The van der Waals surface area contributed by atoms with Crippen LogP contribution in [0.2, 0.25) is 0 Å². The van der Waals surface area contributed by atoms with E-state index in [1.54, 1.807) is 6.08 Å². The molecule has 14 nitrogen and oxygen atoms in total. The summed E-state index contributed by atoms with van der Waals surface area (Å²) in [5, 5.41) is 19.5. The molecule has 0 aromatic carbocycles. The van der Waals surface area contributed by atoms with Crippen molar-refractivity contribution in [1.82, 2.24) is 0 Å². The topological polar surface area (TPSA) is 216 Å². The van der Waals surface area contributed by atoms with Gasteiger partial charge in [0.25, 0.3) is 0 Å². The van der Waals surface area contributed by atoms with E-state index in [0.717, 1.165) is 44.4 Å². The molecule has 0 spiro atoms. The minimum Gasteiger partial charge on any atom is -0.462 e. The third-order valence-corrected chi connectivity index (χ3v) is 11.1. The molecule has 0 radical (unpaired) electrons. The maximum Gasteiger partial charge on any atom is 0.472 e. The molecule has 16 heteroatoms. The monoisotopic (exact) mass is 935 g/mol. The van der Waals surface area contributed by atoms with E-state index in [-0.39, 0.29) is 12.8 Å². The number of ether oxygens (including phenoxy) is 2. The Labute approximate surface area is 379 Å². The SMILES string of the molecule is CC/C=C\C(O)C/C=C/C=C\C/C=C\C/C=C\CCCC(=O)O[C@H](COC(=O)CCCCCCCCCCCCCCCCCC(C)C)COP(=O)(O)OC[C@@H](O)COP(=O)(O)O. The van der Waals surface area contributed by atoms with Crippen molar-refractivity contribution in [3.05, 3.63) is 60.8 Å². The van der Waals surface area contributed by atoms with E-state index < -0.39 is 72.3 Å². The van der Waals surface area contributed by atoms with Gasteiger partial charge < -0.3 is 34.4 Å². The summed E-state index contributed by atoms with van der Waals surface area (Å²) in [6.07, 6.45) is 39.9. The number of esters is 2. The Morgan fingerprint density at radius 2 is 1.08 bits per heavy atom. The van der Waals surface area contributed by atoms with Crippen LogP contribution in [0.5, 0.6) is 0 Å². The molecule has 5 N–H and O–H groups in total. The Bertz CT molecular complexity index is 1370. The highest BCUT2D eigenvalue weighted by Gasteiger charge is 2.28. The Morgan fingerprint density at radius 3 is 1.67 bits per heavy atom. The normalized spacial score (nSPS) is 15.1. The lowest BCUT2D eigenvalue weighted by atomic mass is 10.0. The maximum absolute atomic E-state index is 12.7. The molecular weight excluding hydrogens is 850 g/mol. The summed E-state index contributed by atoms with van der Waals surface area (Å²) in [7, 11) is -9.71. The first kappa shape index (κ1) is 60.8. The molecule has 0 aliphatic rings. The molecule has 0 heterocycles. The fourth-order valence-corrected chi connectivity index (χ4v) is 7.27. The van der Waals surface area contributed by atoms with Crippen molar-refractivity contribution in [2.24, 2.45) is 5.92 Å².